The highest BCUT2D eigenvalue weighted by Crippen LogP contribution is 2.10. The van der Waals surface area contributed by atoms with Gasteiger partial charge < -0.3 is 0 Å². The highest BCUT2D eigenvalue weighted by molar-refractivity contribution is 8.13. The summed E-state index contributed by atoms with van der Waals surface area (Å²) < 4.78 is 0. The van der Waals surface area contributed by atoms with Crippen LogP contribution in [0.3, 0.4) is 0 Å². The van der Waals surface area contributed by atoms with E-state index in [2.05, 4.69) is 6.92 Å². The van der Waals surface area contributed by atoms with Gasteiger partial charge in [0.25, 0.3) is 0 Å². The molecule has 0 aromatic heterocycles. The predicted octanol–water partition coefficient (Wildman–Crippen LogP) is 3.98. The molecule has 0 aromatic rings. The minimum atomic E-state index is 0.104. The molecule has 0 amide bonds. The Morgan fingerprint density at radius 3 is 2.19 bits per heavy atom. The summed E-state index contributed by atoms with van der Waals surface area (Å²) in [6.07, 6.45) is 8.57. The summed E-state index contributed by atoms with van der Waals surface area (Å²) in [5.41, 5.74) is 0. The zero-order valence-electron chi connectivity index (χ0n) is 10.6. The van der Waals surface area contributed by atoms with Gasteiger partial charge in [-0.1, -0.05) is 50.8 Å². The van der Waals surface area contributed by atoms with Gasteiger partial charge in [-0.2, -0.15) is 0 Å². The maximum atomic E-state index is 11.4. The van der Waals surface area contributed by atoms with Gasteiger partial charge in [0.05, 0.1) is 0 Å². The van der Waals surface area contributed by atoms with Gasteiger partial charge in [-0.15, -0.1) is 0 Å². The molecule has 0 aromatic carbocycles. The third kappa shape index (κ3) is 11.8. The third-order valence-electron chi connectivity index (χ3n) is 2.50. The van der Waals surface area contributed by atoms with Crippen LogP contribution in [0.2, 0.25) is 0 Å². The number of rotatable bonds is 10. The topological polar surface area (TPSA) is 34.1 Å². The normalized spacial score (nSPS) is 10.4. The first-order valence-corrected chi connectivity index (χ1v) is 7.30. The third-order valence-corrected chi connectivity index (χ3v) is 3.31. The molecular weight excluding hydrogens is 220 g/mol. The summed E-state index contributed by atoms with van der Waals surface area (Å²) in [6.45, 7) is 3.75. The SMILES string of the molecule is CCCCCCCCC(=O)CCSC(C)=O. The van der Waals surface area contributed by atoms with E-state index in [9.17, 15) is 9.59 Å². The van der Waals surface area contributed by atoms with Crippen molar-refractivity contribution in [3.63, 3.8) is 0 Å². The first kappa shape index (κ1) is 15.7. The number of hydrogen-bond donors (Lipinski definition) is 0. The Bertz CT molecular complexity index is 202. The Labute approximate surface area is 104 Å². The van der Waals surface area contributed by atoms with Crippen molar-refractivity contribution in [2.75, 3.05) is 5.75 Å². The molecule has 2 nitrogen and oxygen atoms in total. The van der Waals surface area contributed by atoms with E-state index in [4.69, 9.17) is 0 Å². The number of carbonyl (C=O) groups excluding carboxylic acids is 2. The minimum Gasteiger partial charge on any atom is -0.300 e. The Hall–Kier alpha value is -0.310. The fourth-order valence-corrected chi connectivity index (χ4v) is 2.15. The second-order valence-electron chi connectivity index (χ2n) is 4.15. The number of hydrogen-bond acceptors (Lipinski definition) is 3. The van der Waals surface area contributed by atoms with Gasteiger partial charge in [-0.3, -0.25) is 9.59 Å². The smallest absolute Gasteiger partial charge is 0.185 e. The van der Waals surface area contributed by atoms with E-state index >= 15 is 0 Å². The summed E-state index contributed by atoms with van der Waals surface area (Å²) in [5.74, 6) is 0.966. The van der Waals surface area contributed by atoms with E-state index < -0.39 is 0 Å². The Morgan fingerprint density at radius 1 is 0.938 bits per heavy atom. The zero-order chi connectivity index (χ0) is 12.2. The van der Waals surface area contributed by atoms with Crippen LogP contribution in [0.25, 0.3) is 0 Å². The fourth-order valence-electron chi connectivity index (χ4n) is 1.54. The van der Waals surface area contributed by atoms with Crippen molar-refractivity contribution in [3.05, 3.63) is 0 Å². The lowest BCUT2D eigenvalue weighted by atomic mass is 10.1. The summed E-state index contributed by atoms with van der Waals surface area (Å²) in [5, 5.41) is 0.104. The lowest BCUT2D eigenvalue weighted by molar-refractivity contribution is -0.118. The molecular formula is C13H24O2S. The maximum Gasteiger partial charge on any atom is 0.185 e. The molecule has 0 aliphatic carbocycles. The van der Waals surface area contributed by atoms with Crippen LogP contribution in [-0.4, -0.2) is 16.7 Å². The largest absolute Gasteiger partial charge is 0.300 e. The van der Waals surface area contributed by atoms with Crippen molar-refractivity contribution in [3.8, 4) is 0 Å². The van der Waals surface area contributed by atoms with Gasteiger partial charge in [0.1, 0.15) is 5.78 Å². The molecule has 0 radical (unpaired) electrons. The molecule has 0 heterocycles. The van der Waals surface area contributed by atoms with E-state index in [1.165, 1.54) is 43.9 Å². The summed E-state index contributed by atoms with van der Waals surface area (Å²) in [6, 6.07) is 0. The highest BCUT2D eigenvalue weighted by atomic mass is 32.2. The molecule has 0 aliphatic heterocycles. The number of ketones is 1. The molecule has 0 saturated carbocycles. The van der Waals surface area contributed by atoms with Crippen LogP contribution in [-0.2, 0) is 9.59 Å². The van der Waals surface area contributed by atoms with Gasteiger partial charge in [0.15, 0.2) is 5.12 Å². The first-order chi connectivity index (χ1) is 7.66. The van der Waals surface area contributed by atoms with Crippen LogP contribution in [0.1, 0.15) is 65.2 Å². The molecule has 0 rings (SSSR count). The van der Waals surface area contributed by atoms with Crippen molar-refractivity contribution in [1.29, 1.82) is 0 Å². The van der Waals surface area contributed by atoms with Crippen molar-refractivity contribution in [1.82, 2.24) is 0 Å². The molecule has 94 valence electrons. The average molecular weight is 244 g/mol. The van der Waals surface area contributed by atoms with Gasteiger partial charge in [0, 0.05) is 25.5 Å². The van der Waals surface area contributed by atoms with E-state index in [1.807, 2.05) is 0 Å². The minimum absolute atomic E-state index is 0.104. The van der Waals surface area contributed by atoms with Crippen LogP contribution >= 0.6 is 11.8 Å². The van der Waals surface area contributed by atoms with E-state index in [-0.39, 0.29) is 5.12 Å². The monoisotopic (exact) mass is 244 g/mol. The van der Waals surface area contributed by atoms with Gasteiger partial charge in [0.2, 0.25) is 0 Å². The molecule has 0 spiro atoms. The predicted molar refractivity (Wildman–Crippen MR) is 70.8 cm³/mol. The lowest BCUT2D eigenvalue weighted by Crippen LogP contribution is -2.00. The molecule has 0 N–H and O–H groups in total. The molecule has 0 bridgehead atoms. The van der Waals surface area contributed by atoms with Crippen molar-refractivity contribution in [2.24, 2.45) is 0 Å². The molecule has 3 heteroatoms. The Morgan fingerprint density at radius 2 is 1.56 bits per heavy atom. The fraction of sp³-hybridized carbons (Fsp3) is 0.846. The average Bonchev–Trinajstić information content (AvgIpc) is 2.22. The number of Topliss-reactive ketones (excluding diaryl/α,β-unsaturated/α-hetero) is 1. The summed E-state index contributed by atoms with van der Waals surface area (Å²) in [7, 11) is 0. The summed E-state index contributed by atoms with van der Waals surface area (Å²) >= 11 is 1.25. The number of thioether (sulfide) groups is 1. The van der Waals surface area contributed by atoms with Crippen LogP contribution < -0.4 is 0 Å². The number of unbranched alkanes of at least 4 members (excludes halogenated alkanes) is 5. The standard InChI is InChI=1S/C13H24O2S/c1-3-4-5-6-7-8-9-13(15)10-11-16-12(2)14/h3-11H2,1-2H3. The van der Waals surface area contributed by atoms with Crippen LogP contribution in [0.15, 0.2) is 0 Å². The van der Waals surface area contributed by atoms with Crippen LogP contribution in [0, 0.1) is 0 Å². The van der Waals surface area contributed by atoms with Gasteiger partial charge in [-0.05, 0) is 6.42 Å². The van der Waals surface area contributed by atoms with Crippen LogP contribution in [0.5, 0.6) is 0 Å². The highest BCUT2D eigenvalue weighted by Gasteiger charge is 2.03. The zero-order valence-corrected chi connectivity index (χ0v) is 11.4. The summed E-state index contributed by atoms with van der Waals surface area (Å²) in [4.78, 5) is 22.0. The maximum absolute atomic E-state index is 11.4. The van der Waals surface area contributed by atoms with E-state index in [0.717, 1.165) is 6.42 Å². The molecule has 0 saturated heterocycles. The molecule has 0 fully saturated rings. The van der Waals surface area contributed by atoms with E-state index in [0.29, 0.717) is 24.4 Å². The van der Waals surface area contributed by atoms with E-state index in [1.54, 1.807) is 6.92 Å². The Kier molecular flexibility index (Phi) is 11.0. The Balaban J connectivity index is 3.20. The second kappa shape index (κ2) is 11.2. The van der Waals surface area contributed by atoms with Gasteiger partial charge >= 0.3 is 0 Å². The van der Waals surface area contributed by atoms with Crippen molar-refractivity contribution >= 4 is 22.7 Å². The first-order valence-electron chi connectivity index (χ1n) is 6.32. The van der Waals surface area contributed by atoms with Crippen molar-refractivity contribution in [2.45, 2.75) is 65.2 Å². The molecule has 0 atom stereocenters. The lowest BCUT2D eigenvalue weighted by Gasteiger charge is -2.00. The molecule has 16 heavy (non-hydrogen) atoms. The molecule has 0 unspecified atom stereocenters. The molecule has 0 aliphatic rings. The van der Waals surface area contributed by atoms with Crippen molar-refractivity contribution < 1.29 is 9.59 Å². The van der Waals surface area contributed by atoms with Gasteiger partial charge in [-0.25, -0.2) is 0 Å². The number of carbonyl (C=O) groups is 2. The van der Waals surface area contributed by atoms with Crippen LogP contribution in [0.4, 0.5) is 0 Å². The quantitative estimate of drug-likeness (QED) is 0.545. The second-order valence-corrected chi connectivity index (χ2v) is 5.42.